The van der Waals surface area contributed by atoms with Crippen LogP contribution < -0.4 is 10.6 Å². The maximum Gasteiger partial charge on any atom is 0.191 e. The fraction of sp³-hybridized carbons (Fsp3) is 0.524. The van der Waals surface area contributed by atoms with E-state index in [4.69, 9.17) is 4.74 Å². The van der Waals surface area contributed by atoms with Crippen LogP contribution in [0.25, 0.3) is 0 Å². The summed E-state index contributed by atoms with van der Waals surface area (Å²) in [4.78, 5) is 6.49. The van der Waals surface area contributed by atoms with Gasteiger partial charge in [-0.15, -0.1) is 24.0 Å². The van der Waals surface area contributed by atoms with Crippen molar-refractivity contribution in [3.05, 3.63) is 53.9 Å². The zero-order valence-electron chi connectivity index (χ0n) is 18.1. The van der Waals surface area contributed by atoms with Crippen molar-refractivity contribution in [2.45, 2.75) is 25.5 Å². The highest BCUT2D eigenvalue weighted by atomic mass is 127. The number of guanidine groups is 1. The molecule has 2 N–H and O–H groups in total. The lowest BCUT2D eigenvalue weighted by molar-refractivity contribution is 0.0646. The van der Waals surface area contributed by atoms with E-state index in [0.29, 0.717) is 6.61 Å². The van der Waals surface area contributed by atoms with E-state index >= 15 is 0 Å². The second-order valence-corrected chi connectivity index (χ2v) is 7.08. The minimum atomic E-state index is 0. The average Bonchev–Trinajstić information content (AvgIpc) is 3.12. The van der Waals surface area contributed by atoms with Gasteiger partial charge in [0, 0.05) is 45.6 Å². The van der Waals surface area contributed by atoms with E-state index in [1.165, 1.54) is 11.1 Å². The molecule has 2 rings (SSSR count). The van der Waals surface area contributed by atoms with Crippen molar-refractivity contribution < 1.29 is 4.74 Å². The first-order valence-electron chi connectivity index (χ1n) is 9.77. The molecule has 0 spiro atoms. The lowest BCUT2D eigenvalue weighted by atomic mass is 10.1. The lowest BCUT2D eigenvalue weighted by Crippen LogP contribution is -2.42. The predicted octanol–water partition coefficient (Wildman–Crippen LogP) is 2.97. The molecule has 2 atom stereocenters. The lowest BCUT2D eigenvalue weighted by Gasteiger charge is -2.24. The van der Waals surface area contributed by atoms with Gasteiger partial charge in [-0.25, -0.2) is 0 Å². The van der Waals surface area contributed by atoms with Gasteiger partial charge in [-0.05, 0) is 33.0 Å². The molecule has 0 radical (unpaired) electrons. The molecule has 2 aromatic rings. The summed E-state index contributed by atoms with van der Waals surface area (Å²) in [5.74, 6) is 0.798. The molecular formula is C21H35IN6O. The highest BCUT2D eigenvalue weighted by molar-refractivity contribution is 14.0. The van der Waals surface area contributed by atoms with Gasteiger partial charge < -0.3 is 20.3 Å². The van der Waals surface area contributed by atoms with E-state index in [1.54, 1.807) is 7.05 Å². The third-order valence-corrected chi connectivity index (χ3v) is 4.67. The zero-order chi connectivity index (χ0) is 20.4. The molecular weight excluding hydrogens is 479 g/mol. The Balaban J connectivity index is 0.00000420. The number of aromatic nitrogens is 2. The second kappa shape index (κ2) is 13.6. The summed E-state index contributed by atoms with van der Waals surface area (Å²) in [6.45, 7) is 4.35. The molecule has 0 fully saturated rings. The Morgan fingerprint density at radius 2 is 1.93 bits per heavy atom. The molecule has 0 bridgehead atoms. The highest BCUT2D eigenvalue weighted by Crippen LogP contribution is 2.16. The van der Waals surface area contributed by atoms with Crippen molar-refractivity contribution >= 4 is 29.9 Å². The number of nitrogens with zero attached hydrogens (tertiary/aromatic N) is 4. The Bertz CT molecular complexity index is 719. The van der Waals surface area contributed by atoms with Gasteiger partial charge in [0.2, 0.25) is 0 Å². The van der Waals surface area contributed by atoms with E-state index in [0.717, 1.165) is 25.5 Å². The SMILES string of the molecule is CN=C(NCCCOC(C)c1ccccc1)NCC(c1cnn(C)c1)N(C)C.I. The van der Waals surface area contributed by atoms with Crippen LogP contribution >= 0.6 is 24.0 Å². The van der Waals surface area contributed by atoms with E-state index in [2.05, 4.69) is 58.8 Å². The van der Waals surface area contributed by atoms with Gasteiger partial charge in [0.05, 0.1) is 18.3 Å². The number of halogens is 1. The molecule has 0 aliphatic rings. The quantitative estimate of drug-likeness (QED) is 0.221. The summed E-state index contributed by atoms with van der Waals surface area (Å²) >= 11 is 0. The summed E-state index contributed by atoms with van der Waals surface area (Å²) in [7, 11) is 7.87. The average molecular weight is 514 g/mol. The number of ether oxygens (including phenoxy) is 1. The number of nitrogens with one attached hydrogen (secondary N) is 2. The molecule has 162 valence electrons. The topological polar surface area (TPSA) is 66.7 Å². The first-order chi connectivity index (χ1) is 13.5. The van der Waals surface area contributed by atoms with Gasteiger partial charge in [-0.1, -0.05) is 30.3 Å². The Kier molecular flexibility index (Phi) is 11.9. The summed E-state index contributed by atoms with van der Waals surface area (Å²) < 4.78 is 7.75. The standard InChI is InChI=1S/C21H34N6O.HI/c1-17(18-10-7-6-8-11-18)28-13-9-12-23-21(22-2)24-15-20(26(3)4)19-14-25-27(5)16-19;/h6-8,10-11,14,16-17,20H,9,12-13,15H2,1-5H3,(H2,22,23,24);1H. The van der Waals surface area contributed by atoms with E-state index in [1.807, 2.05) is 42.3 Å². The third kappa shape index (κ3) is 8.71. The second-order valence-electron chi connectivity index (χ2n) is 7.08. The fourth-order valence-electron chi connectivity index (χ4n) is 2.98. The summed E-state index contributed by atoms with van der Waals surface area (Å²) in [6, 6.07) is 10.5. The van der Waals surface area contributed by atoms with Gasteiger partial charge >= 0.3 is 0 Å². The van der Waals surface area contributed by atoms with Gasteiger partial charge in [0.1, 0.15) is 0 Å². The van der Waals surface area contributed by atoms with Crippen LogP contribution in [-0.2, 0) is 11.8 Å². The van der Waals surface area contributed by atoms with Crippen LogP contribution in [0.4, 0.5) is 0 Å². The molecule has 0 aliphatic heterocycles. The normalized spacial score (nSPS) is 13.7. The minimum Gasteiger partial charge on any atom is -0.374 e. The monoisotopic (exact) mass is 514 g/mol. The van der Waals surface area contributed by atoms with Gasteiger partial charge in [0.25, 0.3) is 0 Å². The number of hydrogen-bond acceptors (Lipinski definition) is 4. The number of hydrogen-bond donors (Lipinski definition) is 2. The summed E-state index contributed by atoms with van der Waals surface area (Å²) in [6.07, 6.45) is 4.98. The molecule has 1 aromatic carbocycles. The van der Waals surface area contributed by atoms with E-state index < -0.39 is 0 Å². The van der Waals surface area contributed by atoms with Crippen molar-refractivity contribution in [2.24, 2.45) is 12.0 Å². The maximum absolute atomic E-state index is 5.92. The fourth-order valence-corrected chi connectivity index (χ4v) is 2.98. The minimum absolute atomic E-state index is 0. The van der Waals surface area contributed by atoms with Crippen LogP contribution in [0, 0.1) is 0 Å². The molecule has 0 amide bonds. The van der Waals surface area contributed by atoms with E-state index in [-0.39, 0.29) is 36.1 Å². The molecule has 2 unspecified atom stereocenters. The van der Waals surface area contributed by atoms with Crippen molar-refractivity contribution in [2.75, 3.05) is 40.8 Å². The van der Waals surface area contributed by atoms with Crippen LogP contribution in [0.15, 0.2) is 47.7 Å². The van der Waals surface area contributed by atoms with Crippen molar-refractivity contribution in [3.8, 4) is 0 Å². The van der Waals surface area contributed by atoms with Crippen LogP contribution in [0.5, 0.6) is 0 Å². The largest absolute Gasteiger partial charge is 0.374 e. The van der Waals surface area contributed by atoms with Gasteiger partial charge in [-0.3, -0.25) is 9.67 Å². The molecule has 0 saturated heterocycles. The molecule has 1 aromatic heterocycles. The first kappa shape index (κ1) is 25.4. The third-order valence-electron chi connectivity index (χ3n) is 4.67. The number of aliphatic imine (C=N–C) groups is 1. The van der Waals surface area contributed by atoms with Gasteiger partial charge in [-0.2, -0.15) is 5.10 Å². The number of aryl methyl sites for hydroxylation is 1. The number of likely N-dealkylation sites (N-methyl/N-ethyl adjacent to an activating group) is 1. The Morgan fingerprint density at radius 3 is 2.52 bits per heavy atom. The van der Waals surface area contributed by atoms with Crippen molar-refractivity contribution in [1.29, 1.82) is 0 Å². The Hall–Kier alpha value is -1.65. The number of rotatable bonds is 10. The zero-order valence-corrected chi connectivity index (χ0v) is 20.5. The molecule has 1 heterocycles. The molecule has 0 saturated carbocycles. The molecule has 8 heteroatoms. The predicted molar refractivity (Wildman–Crippen MR) is 130 cm³/mol. The van der Waals surface area contributed by atoms with E-state index in [9.17, 15) is 0 Å². The summed E-state index contributed by atoms with van der Waals surface area (Å²) in [5.41, 5.74) is 2.39. The smallest absolute Gasteiger partial charge is 0.191 e. The molecule has 0 aliphatic carbocycles. The Labute approximate surface area is 191 Å². The van der Waals surface area contributed by atoms with Crippen LogP contribution in [0.3, 0.4) is 0 Å². The summed E-state index contributed by atoms with van der Waals surface area (Å²) in [5, 5.41) is 11.0. The van der Waals surface area contributed by atoms with Crippen molar-refractivity contribution in [1.82, 2.24) is 25.3 Å². The van der Waals surface area contributed by atoms with Crippen LogP contribution in [-0.4, -0.2) is 61.5 Å². The molecule has 29 heavy (non-hydrogen) atoms. The van der Waals surface area contributed by atoms with Crippen molar-refractivity contribution in [3.63, 3.8) is 0 Å². The first-order valence-corrected chi connectivity index (χ1v) is 9.77. The maximum atomic E-state index is 5.92. The van der Waals surface area contributed by atoms with Crippen LogP contribution in [0.1, 0.15) is 36.6 Å². The van der Waals surface area contributed by atoms with Crippen LogP contribution in [0.2, 0.25) is 0 Å². The Morgan fingerprint density at radius 1 is 1.21 bits per heavy atom. The van der Waals surface area contributed by atoms with Gasteiger partial charge in [0.15, 0.2) is 5.96 Å². The molecule has 7 nitrogen and oxygen atoms in total. The number of benzene rings is 1. The highest BCUT2D eigenvalue weighted by Gasteiger charge is 2.16.